The smallest absolute Gasteiger partial charge is 0.223 e. The second-order valence-electron chi connectivity index (χ2n) is 7.41. The maximum atomic E-state index is 13.6. The van der Waals surface area contributed by atoms with Crippen LogP contribution in [0.3, 0.4) is 0 Å². The Balaban J connectivity index is 1.32. The summed E-state index contributed by atoms with van der Waals surface area (Å²) in [5.41, 5.74) is 3.42. The molecule has 150 valence electrons. The van der Waals surface area contributed by atoms with E-state index < -0.39 is 0 Å². The second kappa shape index (κ2) is 10.6. The number of carbonyl (C=O) groups is 1. The van der Waals surface area contributed by atoms with E-state index in [1.807, 2.05) is 12.1 Å². The number of hydrogen-bond acceptors (Lipinski definition) is 3. The fourth-order valence-corrected chi connectivity index (χ4v) is 4.41. The van der Waals surface area contributed by atoms with E-state index in [0.717, 1.165) is 43.8 Å². The number of halogens is 1. The number of likely N-dealkylation sites (tertiary alicyclic amines) is 1. The summed E-state index contributed by atoms with van der Waals surface area (Å²) in [4.78, 5) is 14.8. The minimum absolute atomic E-state index is 0.115. The summed E-state index contributed by atoms with van der Waals surface area (Å²) in [6, 6.07) is 15.4. The van der Waals surface area contributed by atoms with Crippen molar-refractivity contribution >= 4 is 17.7 Å². The van der Waals surface area contributed by atoms with E-state index in [0.29, 0.717) is 12.3 Å². The number of nitrogens with one attached hydrogen (secondary N) is 1. The zero-order chi connectivity index (χ0) is 19.8. The molecule has 1 aliphatic rings. The topological polar surface area (TPSA) is 32.3 Å². The van der Waals surface area contributed by atoms with E-state index >= 15 is 0 Å². The Hall–Kier alpha value is -1.85. The van der Waals surface area contributed by atoms with Gasteiger partial charge >= 0.3 is 0 Å². The summed E-state index contributed by atoms with van der Waals surface area (Å²) in [6.45, 7) is 5.69. The Kier molecular flexibility index (Phi) is 7.92. The lowest BCUT2D eigenvalue weighted by molar-refractivity contribution is -0.126. The van der Waals surface area contributed by atoms with Gasteiger partial charge in [-0.15, -0.1) is 0 Å². The summed E-state index contributed by atoms with van der Waals surface area (Å²) in [5, 5.41) is 3.05. The zero-order valence-corrected chi connectivity index (χ0v) is 17.3. The molecule has 0 radical (unpaired) electrons. The molecule has 1 saturated heterocycles. The molecule has 3 rings (SSSR count). The van der Waals surface area contributed by atoms with Crippen LogP contribution in [0.5, 0.6) is 0 Å². The van der Waals surface area contributed by atoms with E-state index in [9.17, 15) is 9.18 Å². The number of aryl methyl sites for hydroxylation is 1. The lowest BCUT2D eigenvalue weighted by Gasteiger charge is -2.31. The summed E-state index contributed by atoms with van der Waals surface area (Å²) in [5.74, 6) is 1.56. The number of carbonyl (C=O) groups excluding carboxylic acids is 1. The predicted octanol–water partition coefficient (Wildman–Crippen LogP) is 4.40. The fraction of sp³-hybridized carbons (Fsp3) is 0.435. The molecule has 0 spiro atoms. The summed E-state index contributed by atoms with van der Waals surface area (Å²) in [7, 11) is 0. The van der Waals surface area contributed by atoms with Crippen molar-refractivity contribution in [1.29, 1.82) is 0 Å². The van der Waals surface area contributed by atoms with Crippen molar-refractivity contribution in [3.63, 3.8) is 0 Å². The van der Waals surface area contributed by atoms with Gasteiger partial charge in [0.25, 0.3) is 0 Å². The van der Waals surface area contributed by atoms with Gasteiger partial charge in [0.1, 0.15) is 5.82 Å². The van der Waals surface area contributed by atoms with Gasteiger partial charge in [-0.2, -0.15) is 11.8 Å². The number of benzene rings is 2. The van der Waals surface area contributed by atoms with Gasteiger partial charge in [-0.05, 0) is 55.6 Å². The minimum atomic E-state index is -0.156. The highest BCUT2D eigenvalue weighted by atomic mass is 32.2. The molecule has 0 atom stereocenters. The van der Waals surface area contributed by atoms with Crippen LogP contribution in [-0.4, -0.2) is 36.2 Å². The van der Waals surface area contributed by atoms with Crippen LogP contribution < -0.4 is 5.32 Å². The largest absolute Gasteiger partial charge is 0.355 e. The van der Waals surface area contributed by atoms with E-state index in [2.05, 4.69) is 41.4 Å². The number of thioether (sulfide) groups is 1. The predicted molar refractivity (Wildman–Crippen MR) is 115 cm³/mol. The lowest BCUT2D eigenvalue weighted by Crippen LogP contribution is -2.40. The van der Waals surface area contributed by atoms with Gasteiger partial charge in [0.05, 0.1) is 0 Å². The first-order chi connectivity index (χ1) is 13.6. The third kappa shape index (κ3) is 6.08. The Morgan fingerprint density at radius 3 is 2.50 bits per heavy atom. The number of amides is 1. The molecule has 1 aliphatic heterocycles. The van der Waals surface area contributed by atoms with Crippen LogP contribution >= 0.6 is 11.8 Å². The quantitative estimate of drug-likeness (QED) is 0.667. The van der Waals surface area contributed by atoms with E-state index in [-0.39, 0.29) is 17.6 Å². The van der Waals surface area contributed by atoms with Crippen LogP contribution in [0.15, 0.2) is 48.5 Å². The van der Waals surface area contributed by atoms with Crippen LogP contribution in [0.4, 0.5) is 4.39 Å². The molecule has 0 saturated carbocycles. The highest BCUT2D eigenvalue weighted by Crippen LogP contribution is 2.20. The van der Waals surface area contributed by atoms with Gasteiger partial charge in [-0.25, -0.2) is 4.39 Å². The number of hydrogen-bond donors (Lipinski definition) is 1. The summed E-state index contributed by atoms with van der Waals surface area (Å²) >= 11 is 1.65. The molecule has 3 nitrogen and oxygen atoms in total. The molecule has 0 aromatic heterocycles. The molecule has 2 aromatic carbocycles. The molecular formula is C23H29FN2OS. The maximum absolute atomic E-state index is 13.6. The molecule has 5 heteroatoms. The van der Waals surface area contributed by atoms with Crippen molar-refractivity contribution < 1.29 is 9.18 Å². The Morgan fingerprint density at radius 1 is 1.11 bits per heavy atom. The van der Waals surface area contributed by atoms with Gasteiger partial charge in [0.15, 0.2) is 0 Å². The molecule has 0 bridgehead atoms. The van der Waals surface area contributed by atoms with Gasteiger partial charge in [-0.1, -0.05) is 42.5 Å². The summed E-state index contributed by atoms with van der Waals surface area (Å²) in [6.07, 6.45) is 1.83. The monoisotopic (exact) mass is 400 g/mol. The van der Waals surface area contributed by atoms with Gasteiger partial charge in [0, 0.05) is 30.5 Å². The first-order valence-corrected chi connectivity index (χ1v) is 11.1. The van der Waals surface area contributed by atoms with Crippen LogP contribution in [0, 0.1) is 18.7 Å². The number of piperidine rings is 1. The third-order valence-corrected chi connectivity index (χ3v) is 6.38. The van der Waals surface area contributed by atoms with Crippen LogP contribution in [0.2, 0.25) is 0 Å². The molecule has 0 aliphatic carbocycles. The van der Waals surface area contributed by atoms with Crippen molar-refractivity contribution in [2.45, 2.75) is 32.1 Å². The second-order valence-corrected chi connectivity index (χ2v) is 8.52. The lowest BCUT2D eigenvalue weighted by atomic mass is 9.95. The van der Waals surface area contributed by atoms with Gasteiger partial charge in [0.2, 0.25) is 5.91 Å². The highest BCUT2D eigenvalue weighted by Gasteiger charge is 2.24. The van der Waals surface area contributed by atoms with Gasteiger partial charge < -0.3 is 5.32 Å². The standard InChI is InChI=1S/C23H29FN2OS/c1-18-6-2-3-7-20(18)16-26-13-10-19(11-14-26)23(27)25-12-15-28-17-21-8-4-5-9-22(21)24/h2-9,19H,10-17H2,1H3,(H,25,27). The Morgan fingerprint density at radius 2 is 1.79 bits per heavy atom. The molecule has 1 N–H and O–H groups in total. The third-order valence-electron chi connectivity index (χ3n) is 5.37. The molecule has 1 heterocycles. The number of rotatable bonds is 8. The van der Waals surface area contributed by atoms with Gasteiger partial charge in [-0.3, -0.25) is 9.69 Å². The summed E-state index contributed by atoms with van der Waals surface area (Å²) < 4.78 is 13.6. The zero-order valence-electron chi connectivity index (χ0n) is 16.5. The Labute approximate surface area is 171 Å². The Bertz CT molecular complexity index is 775. The molecule has 1 amide bonds. The molecular weight excluding hydrogens is 371 g/mol. The average Bonchev–Trinajstić information content (AvgIpc) is 2.71. The van der Waals surface area contributed by atoms with Crippen molar-refractivity contribution in [3.8, 4) is 0 Å². The van der Waals surface area contributed by atoms with Crippen LogP contribution in [0.25, 0.3) is 0 Å². The normalized spacial score (nSPS) is 15.5. The van der Waals surface area contributed by atoms with E-state index in [1.54, 1.807) is 17.8 Å². The highest BCUT2D eigenvalue weighted by molar-refractivity contribution is 7.98. The first-order valence-electron chi connectivity index (χ1n) is 9.99. The molecule has 0 unspecified atom stereocenters. The number of nitrogens with zero attached hydrogens (tertiary/aromatic N) is 1. The fourth-order valence-electron chi connectivity index (χ4n) is 3.57. The van der Waals surface area contributed by atoms with E-state index in [1.165, 1.54) is 17.2 Å². The first kappa shape index (κ1) is 20.9. The maximum Gasteiger partial charge on any atom is 0.223 e. The van der Waals surface area contributed by atoms with E-state index in [4.69, 9.17) is 0 Å². The minimum Gasteiger partial charge on any atom is -0.355 e. The molecule has 28 heavy (non-hydrogen) atoms. The van der Waals surface area contributed by atoms with Crippen molar-refractivity contribution in [2.75, 3.05) is 25.4 Å². The average molecular weight is 401 g/mol. The van der Waals surface area contributed by atoms with Crippen molar-refractivity contribution in [2.24, 2.45) is 5.92 Å². The van der Waals surface area contributed by atoms with Crippen molar-refractivity contribution in [3.05, 3.63) is 71.0 Å². The molecule has 2 aromatic rings. The SMILES string of the molecule is Cc1ccccc1CN1CCC(C(=O)NCCSCc2ccccc2F)CC1. The van der Waals surface area contributed by atoms with Crippen LogP contribution in [0.1, 0.15) is 29.5 Å². The molecule has 1 fully saturated rings. The van der Waals surface area contributed by atoms with Crippen LogP contribution in [-0.2, 0) is 17.1 Å². The van der Waals surface area contributed by atoms with Crippen molar-refractivity contribution in [1.82, 2.24) is 10.2 Å².